The molecule has 0 saturated heterocycles. The van der Waals surface area contributed by atoms with Gasteiger partial charge in [-0.05, 0) is 28.8 Å². The Balaban J connectivity index is 1.41. The van der Waals surface area contributed by atoms with Gasteiger partial charge in [0, 0.05) is 5.56 Å². The lowest BCUT2D eigenvalue weighted by atomic mass is 10.0. The van der Waals surface area contributed by atoms with Gasteiger partial charge in [0.15, 0.2) is 5.16 Å². The molecule has 4 nitrogen and oxygen atoms in total. The van der Waals surface area contributed by atoms with Crippen LogP contribution in [0.2, 0.25) is 0 Å². The van der Waals surface area contributed by atoms with E-state index in [9.17, 15) is 0 Å². The maximum atomic E-state index is 5.35. The lowest BCUT2D eigenvalue weighted by Gasteiger charge is -2.14. The van der Waals surface area contributed by atoms with Crippen molar-refractivity contribution in [1.29, 1.82) is 0 Å². The Hall–Kier alpha value is -3.18. The molecule has 1 unspecified atom stereocenters. The van der Waals surface area contributed by atoms with Crippen molar-refractivity contribution in [2.75, 3.05) is 12.5 Å². The molecule has 2 heterocycles. The number of methoxy groups -OCH3 is 1. The SMILES string of the molecule is COc1cccc(C2Nn3c(-c4ccc(-c5ccccc5)cc4)cnc3S2)c1. The minimum absolute atomic E-state index is 0.112. The van der Waals surface area contributed by atoms with Crippen molar-refractivity contribution < 1.29 is 4.74 Å². The van der Waals surface area contributed by atoms with Crippen molar-refractivity contribution in [3.05, 3.63) is 90.6 Å². The molecule has 5 heteroatoms. The lowest BCUT2D eigenvalue weighted by molar-refractivity contribution is 0.414. The summed E-state index contributed by atoms with van der Waals surface area (Å²) in [7, 11) is 1.69. The summed E-state index contributed by atoms with van der Waals surface area (Å²) in [6.07, 6.45) is 1.93. The number of hydrogen-bond acceptors (Lipinski definition) is 4. The summed E-state index contributed by atoms with van der Waals surface area (Å²) >= 11 is 1.71. The molecular formula is C23H19N3OS. The van der Waals surface area contributed by atoms with E-state index in [1.807, 2.05) is 24.4 Å². The molecule has 0 aliphatic carbocycles. The Morgan fingerprint density at radius 3 is 2.43 bits per heavy atom. The Morgan fingerprint density at radius 1 is 0.893 bits per heavy atom. The number of fused-ring (bicyclic) bond motifs is 1. The maximum absolute atomic E-state index is 5.35. The summed E-state index contributed by atoms with van der Waals surface area (Å²) in [6.45, 7) is 0. The van der Waals surface area contributed by atoms with Crippen LogP contribution in [0.3, 0.4) is 0 Å². The predicted octanol–water partition coefficient (Wildman–Crippen LogP) is 5.57. The van der Waals surface area contributed by atoms with Gasteiger partial charge in [0.1, 0.15) is 11.1 Å². The maximum Gasteiger partial charge on any atom is 0.189 e. The third kappa shape index (κ3) is 3.04. The molecular weight excluding hydrogens is 366 g/mol. The predicted molar refractivity (Wildman–Crippen MR) is 114 cm³/mol. The number of nitrogens with zero attached hydrogens (tertiary/aromatic N) is 2. The van der Waals surface area contributed by atoms with Crippen LogP contribution in [0.25, 0.3) is 22.4 Å². The molecule has 0 amide bonds. The quantitative estimate of drug-likeness (QED) is 0.498. The van der Waals surface area contributed by atoms with Crippen molar-refractivity contribution in [1.82, 2.24) is 9.66 Å². The summed E-state index contributed by atoms with van der Waals surface area (Å²) < 4.78 is 7.43. The van der Waals surface area contributed by atoms with Crippen molar-refractivity contribution in [2.24, 2.45) is 0 Å². The average Bonchev–Trinajstić information content (AvgIpc) is 3.36. The van der Waals surface area contributed by atoms with Gasteiger partial charge in [-0.2, -0.15) is 0 Å². The van der Waals surface area contributed by atoms with Crippen molar-refractivity contribution in [3.63, 3.8) is 0 Å². The van der Waals surface area contributed by atoms with Crippen LogP contribution in [0.4, 0.5) is 0 Å². The fraction of sp³-hybridized carbons (Fsp3) is 0.0870. The zero-order valence-corrected chi connectivity index (χ0v) is 16.2. The molecule has 28 heavy (non-hydrogen) atoms. The van der Waals surface area contributed by atoms with Gasteiger partial charge >= 0.3 is 0 Å². The highest BCUT2D eigenvalue weighted by Crippen LogP contribution is 2.41. The molecule has 4 aromatic rings. The minimum Gasteiger partial charge on any atom is -0.497 e. The van der Waals surface area contributed by atoms with Gasteiger partial charge in [-0.15, -0.1) is 0 Å². The van der Waals surface area contributed by atoms with Crippen LogP contribution in [-0.2, 0) is 0 Å². The Labute approximate surface area is 168 Å². The molecule has 0 saturated carbocycles. The third-order valence-corrected chi connectivity index (χ3v) is 6.00. The van der Waals surface area contributed by atoms with E-state index in [-0.39, 0.29) is 5.37 Å². The van der Waals surface area contributed by atoms with Crippen LogP contribution >= 0.6 is 11.8 Å². The first kappa shape index (κ1) is 17.0. The topological polar surface area (TPSA) is 39.1 Å². The molecule has 1 aliphatic rings. The Morgan fingerprint density at radius 2 is 1.64 bits per heavy atom. The second kappa shape index (κ2) is 7.09. The van der Waals surface area contributed by atoms with Gasteiger partial charge in [0.25, 0.3) is 0 Å². The van der Waals surface area contributed by atoms with Gasteiger partial charge in [0.05, 0.1) is 19.0 Å². The molecule has 3 aromatic carbocycles. The van der Waals surface area contributed by atoms with Gasteiger partial charge in [0.2, 0.25) is 0 Å². The molecule has 1 N–H and O–H groups in total. The molecule has 0 fully saturated rings. The molecule has 138 valence electrons. The molecule has 0 spiro atoms. The molecule has 1 aliphatic heterocycles. The first-order valence-electron chi connectivity index (χ1n) is 9.12. The van der Waals surface area contributed by atoms with E-state index in [2.05, 4.69) is 75.7 Å². The number of hydrogen-bond donors (Lipinski definition) is 1. The fourth-order valence-corrected chi connectivity index (χ4v) is 4.43. The largest absolute Gasteiger partial charge is 0.497 e. The highest BCUT2D eigenvalue weighted by Gasteiger charge is 2.27. The molecule has 0 bridgehead atoms. The number of ether oxygens (including phenoxy) is 1. The first-order valence-corrected chi connectivity index (χ1v) is 10.0. The first-order chi connectivity index (χ1) is 13.8. The zero-order valence-electron chi connectivity index (χ0n) is 15.4. The summed E-state index contributed by atoms with van der Waals surface area (Å²) in [4.78, 5) is 4.60. The number of rotatable bonds is 4. The van der Waals surface area contributed by atoms with Crippen molar-refractivity contribution >= 4 is 11.8 Å². The summed E-state index contributed by atoms with van der Waals surface area (Å²) in [5, 5.41) is 1.08. The second-order valence-electron chi connectivity index (χ2n) is 6.61. The molecule has 1 atom stereocenters. The summed E-state index contributed by atoms with van der Waals surface area (Å²) in [5.74, 6) is 0.862. The Bertz CT molecular complexity index is 1110. The van der Waals surface area contributed by atoms with E-state index in [0.29, 0.717) is 0 Å². The highest BCUT2D eigenvalue weighted by atomic mass is 32.2. The molecule has 5 rings (SSSR count). The van der Waals surface area contributed by atoms with E-state index in [0.717, 1.165) is 22.2 Å². The van der Waals surface area contributed by atoms with Crippen LogP contribution in [0, 0.1) is 0 Å². The van der Waals surface area contributed by atoms with Gasteiger partial charge in [-0.1, -0.05) is 78.5 Å². The van der Waals surface area contributed by atoms with Crippen LogP contribution in [0.5, 0.6) is 5.75 Å². The highest BCUT2D eigenvalue weighted by molar-refractivity contribution is 7.99. The standard InChI is InChI=1S/C23H19N3OS/c1-27-20-9-5-8-19(14-20)22-25-26-21(15-24-23(26)28-22)18-12-10-17(11-13-18)16-6-3-2-4-7-16/h2-15,22,25H,1H3. The van der Waals surface area contributed by atoms with Gasteiger partial charge in [-0.25, -0.2) is 9.66 Å². The summed E-state index contributed by atoms with van der Waals surface area (Å²) in [6, 6.07) is 27.2. The normalized spacial score (nSPS) is 15.1. The van der Waals surface area contributed by atoms with Gasteiger partial charge in [-0.3, -0.25) is 0 Å². The Kier molecular flexibility index (Phi) is 4.29. The van der Waals surface area contributed by atoms with Crippen LogP contribution in [0.15, 0.2) is 90.2 Å². The van der Waals surface area contributed by atoms with E-state index in [1.165, 1.54) is 16.7 Å². The monoisotopic (exact) mass is 385 g/mol. The second-order valence-corrected chi connectivity index (χ2v) is 7.68. The van der Waals surface area contributed by atoms with Crippen LogP contribution < -0.4 is 10.2 Å². The van der Waals surface area contributed by atoms with E-state index < -0.39 is 0 Å². The number of imidazole rings is 1. The number of nitrogens with one attached hydrogen (secondary N) is 1. The van der Waals surface area contributed by atoms with E-state index in [4.69, 9.17) is 4.74 Å². The average molecular weight is 385 g/mol. The van der Waals surface area contributed by atoms with Crippen LogP contribution in [-0.4, -0.2) is 16.8 Å². The zero-order chi connectivity index (χ0) is 18.9. The number of benzene rings is 3. The van der Waals surface area contributed by atoms with Crippen molar-refractivity contribution in [3.8, 4) is 28.1 Å². The molecule has 0 radical (unpaired) electrons. The summed E-state index contributed by atoms with van der Waals surface area (Å²) in [5.41, 5.74) is 9.36. The smallest absolute Gasteiger partial charge is 0.189 e. The van der Waals surface area contributed by atoms with Crippen molar-refractivity contribution in [2.45, 2.75) is 10.5 Å². The number of aromatic nitrogens is 2. The van der Waals surface area contributed by atoms with Crippen LogP contribution in [0.1, 0.15) is 10.9 Å². The fourth-order valence-electron chi connectivity index (χ4n) is 3.41. The van der Waals surface area contributed by atoms with E-state index >= 15 is 0 Å². The minimum atomic E-state index is 0.112. The number of thioether (sulfide) groups is 1. The van der Waals surface area contributed by atoms with Gasteiger partial charge < -0.3 is 10.2 Å². The lowest BCUT2D eigenvalue weighted by Crippen LogP contribution is -2.13. The molecule has 1 aromatic heterocycles. The van der Waals surface area contributed by atoms with E-state index in [1.54, 1.807) is 18.9 Å². The third-order valence-electron chi connectivity index (χ3n) is 4.88.